The van der Waals surface area contributed by atoms with E-state index in [4.69, 9.17) is 5.73 Å². The van der Waals surface area contributed by atoms with Crippen molar-refractivity contribution in [2.24, 2.45) is 0 Å². The van der Waals surface area contributed by atoms with Crippen molar-refractivity contribution < 1.29 is 14.7 Å². The molecule has 1 aromatic carbocycles. The Labute approximate surface area is 105 Å². The number of hydrogen-bond donors (Lipinski definition) is 3. The average molecular weight is 251 g/mol. The van der Waals surface area contributed by atoms with Crippen LogP contribution in [0.1, 0.15) is 16.8 Å². The molecule has 0 aliphatic rings. The Bertz CT molecular complexity index is 458. The van der Waals surface area contributed by atoms with Crippen molar-refractivity contribution in [3.05, 3.63) is 23.8 Å². The molecule has 98 valence electrons. The van der Waals surface area contributed by atoms with Crippen LogP contribution in [0.4, 0.5) is 5.69 Å². The number of amides is 2. The molecular formula is C12H17N3O3. The van der Waals surface area contributed by atoms with Gasteiger partial charge in [0.25, 0.3) is 5.91 Å². The standard InChI is InChI=1S/C12H17N3O3/c1-15(2)11(17)5-6-14-12(18)8-3-4-9(13)10(16)7-8/h3-4,7,16H,5-6,13H2,1-2H3,(H,14,18). The van der Waals surface area contributed by atoms with Gasteiger partial charge in [-0.3, -0.25) is 9.59 Å². The second kappa shape index (κ2) is 5.90. The molecule has 0 fully saturated rings. The molecule has 1 aromatic rings. The van der Waals surface area contributed by atoms with Gasteiger partial charge in [-0.15, -0.1) is 0 Å². The Morgan fingerprint density at radius 1 is 1.39 bits per heavy atom. The SMILES string of the molecule is CN(C)C(=O)CCNC(=O)c1ccc(N)c(O)c1. The number of aromatic hydroxyl groups is 1. The third-order valence-corrected chi connectivity index (χ3v) is 2.42. The molecule has 0 aliphatic heterocycles. The first kappa shape index (κ1) is 13.8. The van der Waals surface area contributed by atoms with E-state index in [-0.39, 0.29) is 36.2 Å². The van der Waals surface area contributed by atoms with Gasteiger partial charge in [-0.05, 0) is 18.2 Å². The number of nitrogens with one attached hydrogen (secondary N) is 1. The highest BCUT2D eigenvalue weighted by Crippen LogP contribution is 2.20. The maximum Gasteiger partial charge on any atom is 0.251 e. The van der Waals surface area contributed by atoms with Gasteiger partial charge in [-0.2, -0.15) is 0 Å². The fourth-order valence-corrected chi connectivity index (χ4v) is 1.29. The molecule has 0 saturated heterocycles. The summed E-state index contributed by atoms with van der Waals surface area (Å²) in [5.74, 6) is -0.542. The topological polar surface area (TPSA) is 95.7 Å². The van der Waals surface area contributed by atoms with E-state index in [0.29, 0.717) is 5.56 Å². The number of phenols is 1. The largest absolute Gasteiger partial charge is 0.506 e. The predicted octanol–water partition coefficient (Wildman–Crippen LogP) is 0.182. The van der Waals surface area contributed by atoms with E-state index in [1.54, 1.807) is 14.1 Å². The van der Waals surface area contributed by atoms with E-state index in [2.05, 4.69) is 5.32 Å². The van der Waals surface area contributed by atoms with Crippen LogP contribution in [0.5, 0.6) is 5.75 Å². The van der Waals surface area contributed by atoms with Crippen LogP contribution >= 0.6 is 0 Å². The first-order valence-electron chi connectivity index (χ1n) is 5.48. The van der Waals surface area contributed by atoms with E-state index >= 15 is 0 Å². The third-order valence-electron chi connectivity index (χ3n) is 2.42. The van der Waals surface area contributed by atoms with E-state index < -0.39 is 0 Å². The maximum absolute atomic E-state index is 11.7. The van der Waals surface area contributed by atoms with Crippen molar-refractivity contribution in [3.63, 3.8) is 0 Å². The number of anilines is 1. The number of nitrogen functional groups attached to an aromatic ring is 1. The Kier molecular flexibility index (Phi) is 4.53. The van der Waals surface area contributed by atoms with E-state index in [1.807, 2.05) is 0 Å². The highest BCUT2D eigenvalue weighted by atomic mass is 16.3. The molecule has 6 heteroatoms. The number of carbonyl (C=O) groups is 2. The number of nitrogens with zero attached hydrogens (tertiary/aromatic N) is 1. The molecule has 4 N–H and O–H groups in total. The molecule has 6 nitrogen and oxygen atoms in total. The molecule has 0 saturated carbocycles. The normalized spacial score (nSPS) is 9.89. The summed E-state index contributed by atoms with van der Waals surface area (Å²) < 4.78 is 0. The lowest BCUT2D eigenvalue weighted by Gasteiger charge is -2.10. The lowest BCUT2D eigenvalue weighted by Crippen LogP contribution is -2.30. The van der Waals surface area contributed by atoms with E-state index in [1.165, 1.54) is 23.1 Å². The van der Waals surface area contributed by atoms with Gasteiger partial charge in [0.2, 0.25) is 5.91 Å². The Morgan fingerprint density at radius 2 is 2.06 bits per heavy atom. The number of benzene rings is 1. The Morgan fingerprint density at radius 3 is 2.61 bits per heavy atom. The summed E-state index contributed by atoms with van der Waals surface area (Å²) in [5.41, 5.74) is 5.95. The number of hydrogen-bond acceptors (Lipinski definition) is 4. The van der Waals surface area contributed by atoms with Gasteiger partial charge in [0.05, 0.1) is 5.69 Å². The van der Waals surface area contributed by atoms with Crippen LogP contribution in [-0.4, -0.2) is 42.5 Å². The van der Waals surface area contributed by atoms with Crippen LogP contribution in [0.25, 0.3) is 0 Å². The molecule has 2 amide bonds. The molecule has 0 aromatic heterocycles. The first-order valence-corrected chi connectivity index (χ1v) is 5.48. The van der Waals surface area contributed by atoms with Crippen molar-refractivity contribution in [2.45, 2.75) is 6.42 Å². The van der Waals surface area contributed by atoms with Crippen LogP contribution < -0.4 is 11.1 Å². The summed E-state index contributed by atoms with van der Waals surface area (Å²) in [6.07, 6.45) is 0.236. The molecule has 0 unspecified atom stereocenters. The van der Waals surface area contributed by atoms with Crippen LogP contribution in [0.3, 0.4) is 0 Å². The molecule has 18 heavy (non-hydrogen) atoms. The van der Waals surface area contributed by atoms with Crippen LogP contribution in [0.2, 0.25) is 0 Å². The fourth-order valence-electron chi connectivity index (χ4n) is 1.29. The van der Waals surface area contributed by atoms with Crippen molar-refractivity contribution in [2.75, 3.05) is 26.4 Å². The quantitative estimate of drug-likeness (QED) is 0.525. The second-order valence-electron chi connectivity index (χ2n) is 4.07. The van der Waals surface area contributed by atoms with Gasteiger partial charge in [-0.25, -0.2) is 0 Å². The molecule has 0 heterocycles. The second-order valence-corrected chi connectivity index (χ2v) is 4.07. The Balaban J connectivity index is 2.50. The summed E-state index contributed by atoms with van der Waals surface area (Å²) in [7, 11) is 3.31. The molecule has 0 bridgehead atoms. The van der Waals surface area contributed by atoms with Crippen molar-refractivity contribution in [1.29, 1.82) is 0 Å². The number of carbonyl (C=O) groups excluding carboxylic acids is 2. The number of rotatable bonds is 4. The average Bonchev–Trinajstić information content (AvgIpc) is 2.32. The summed E-state index contributed by atoms with van der Waals surface area (Å²) >= 11 is 0. The zero-order valence-electron chi connectivity index (χ0n) is 10.4. The molecule has 1 rings (SSSR count). The predicted molar refractivity (Wildman–Crippen MR) is 68.2 cm³/mol. The summed E-state index contributed by atoms with van der Waals surface area (Å²) in [4.78, 5) is 24.4. The molecule has 0 radical (unpaired) electrons. The monoisotopic (exact) mass is 251 g/mol. The van der Waals surface area contributed by atoms with Crippen LogP contribution in [-0.2, 0) is 4.79 Å². The molecule has 0 atom stereocenters. The highest BCUT2D eigenvalue weighted by molar-refractivity contribution is 5.95. The zero-order chi connectivity index (χ0) is 13.7. The van der Waals surface area contributed by atoms with Gasteiger partial charge in [0.1, 0.15) is 5.75 Å². The summed E-state index contributed by atoms with van der Waals surface area (Å²) in [5, 5.41) is 12.0. The van der Waals surface area contributed by atoms with Gasteiger partial charge in [0, 0.05) is 32.6 Å². The minimum atomic E-state index is -0.350. The molecule has 0 aliphatic carbocycles. The Hall–Kier alpha value is -2.24. The lowest BCUT2D eigenvalue weighted by molar-refractivity contribution is -0.128. The third kappa shape index (κ3) is 3.65. The van der Waals surface area contributed by atoms with Crippen molar-refractivity contribution >= 4 is 17.5 Å². The van der Waals surface area contributed by atoms with Crippen molar-refractivity contribution in [3.8, 4) is 5.75 Å². The molecule has 0 spiro atoms. The van der Waals surface area contributed by atoms with Crippen LogP contribution in [0.15, 0.2) is 18.2 Å². The first-order chi connectivity index (χ1) is 8.41. The minimum Gasteiger partial charge on any atom is -0.506 e. The number of phenolic OH excluding ortho intramolecular Hbond substituents is 1. The zero-order valence-corrected chi connectivity index (χ0v) is 10.4. The highest BCUT2D eigenvalue weighted by Gasteiger charge is 2.09. The minimum absolute atomic E-state index is 0.0598. The van der Waals surface area contributed by atoms with E-state index in [0.717, 1.165) is 0 Å². The van der Waals surface area contributed by atoms with Gasteiger partial charge >= 0.3 is 0 Å². The van der Waals surface area contributed by atoms with E-state index in [9.17, 15) is 14.7 Å². The lowest BCUT2D eigenvalue weighted by atomic mass is 10.2. The van der Waals surface area contributed by atoms with Crippen molar-refractivity contribution in [1.82, 2.24) is 10.2 Å². The maximum atomic E-state index is 11.7. The summed E-state index contributed by atoms with van der Waals surface area (Å²) in [6.45, 7) is 0.251. The van der Waals surface area contributed by atoms with Gasteiger partial charge < -0.3 is 21.1 Å². The smallest absolute Gasteiger partial charge is 0.251 e. The fraction of sp³-hybridized carbons (Fsp3) is 0.333. The molecular weight excluding hydrogens is 234 g/mol. The van der Waals surface area contributed by atoms with Gasteiger partial charge in [0.15, 0.2) is 0 Å². The van der Waals surface area contributed by atoms with Crippen LogP contribution in [0, 0.1) is 0 Å². The van der Waals surface area contributed by atoms with Gasteiger partial charge in [-0.1, -0.05) is 0 Å². The number of nitrogens with two attached hydrogens (primary N) is 1. The summed E-state index contributed by atoms with van der Waals surface area (Å²) in [6, 6.07) is 4.26.